The molecule has 0 spiro atoms. The van der Waals surface area contributed by atoms with Gasteiger partial charge in [-0.2, -0.15) is 0 Å². The number of amides is 1. The number of nitrogens with zero attached hydrogens (tertiary/aromatic N) is 1. The minimum absolute atomic E-state index is 0.295. The van der Waals surface area contributed by atoms with E-state index in [2.05, 4.69) is 5.32 Å². The fraction of sp³-hybridized carbons (Fsp3) is 0. The number of nitro groups is 1. The molecule has 0 aliphatic heterocycles. The Hall–Kier alpha value is -3.00. The molecule has 9 heteroatoms. The van der Waals surface area contributed by atoms with Crippen molar-refractivity contribution in [2.24, 2.45) is 0 Å². The van der Waals surface area contributed by atoms with E-state index < -0.39 is 39.3 Å². The lowest BCUT2D eigenvalue weighted by molar-refractivity contribution is -0.386. The average Bonchev–Trinajstić information content (AvgIpc) is 2.40. The summed E-state index contributed by atoms with van der Waals surface area (Å²) < 4.78 is 0. The molecule has 2 rings (SSSR count). The Balaban J connectivity index is 2.43. The van der Waals surface area contributed by atoms with Crippen molar-refractivity contribution < 1.29 is 25.0 Å². The highest BCUT2D eigenvalue weighted by molar-refractivity contribution is 6.30. The number of nitro benzene ring substituents is 1. The maximum atomic E-state index is 12.1. The van der Waals surface area contributed by atoms with Gasteiger partial charge in [0.05, 0.1) is 4.92 Å². The van der Waals surface area contributed by atoms with Crippen molar-refractivity contribution >= 4 is 28.9 Å². The van der Waals surface area contributed by atoms with Crippen LogP contribution in [0.2, 0.25) is 5.02 Å². The van der Waals surface area contributed by atoms with Gasteiger partial charge in [0.1, 0.15) is 11.3 Å². The van der Waals surface area contributed by atoms with Crippen LogP contribution in [0.1, 0.15) is 10.4 Å². The first-order valence-electron chi connectivity index (χ1n) is 5.80. The van der Waals surface area contributed by atoms with Gasteiger partial charge >= 0.3 is 5.69 Å². The monoisotopic (exact) mass is 324 g/mol. The SMILES string of the molecule is O=C(Nc1ccc(Cl)cc1)c1c(O)cc(O)c([N+](=O)[O-])c1O. The number of carbonyl (C=O) groups excluding carboxylic acids is 1. The van der Waals surface area contributed by atoms with Crippen LogP contribution in [-0.4, -0.2) is 26.2 Å². The third-order valence-corrected chi connectivity index (χ3v) is 3.00. The summed E-state index contributed by atoms with van der Waals surface area (Å²) in [6.45, 7) is 0. The molecule has 0 aliphatic rings. The molecule has 0 atom stereocenters. The van der Waals surface area contributed by atoms with Crippen LogP contribution in [0.25, 0.3) is 0 Å². The number of hydrogen-bond acceptors (Lipinski definition) is 6. The number of aromatic hydroxyl groups is 3. The molecule has 2 aromatic carbocycles. The zero-order chi connectivity index (χ0) is 16.4. The second-order valence-corrected chi connectivity index (χ2v) is 4.64. The second kappa shape index (κ2) is 5.78. The van der Waals surface area contributed by atoms with E-state index in [4.69, 9.17) is 11.6 Å². The van der Waals surface area contributed by atoms with Crippen LogP contribution in [-0.2, 0) is 0 Å². The molecule has 0 bridgehead atoms. The van der Waals surface area contributed by atoms with E-state index in [1.165, 1.54) is 24.3 Å². The van der Waals surface area contributed by atoms with Crippen LogP contribution in [0.4, 0.5) is 11.4 Å². The average molecular weight is 325 g/mol. The van der Waals surface area contributed by atoms with E-state index in [0.29, 0.717) is 16.8 Å². The molecular weight excluding hydrogens is 316 g/mol. The molecule has 1 amide bonds. The second-order valence-electron chi connectivity index (χ2n) is 4.21. The van der Waals surface area contributed by atoms with Gasteiger partial charge in [-0.15, -0.1) is 0 Å². The highest BCUT2D eigenvalue weighted by Gasteiger charge is 2.29. The molecule has 22 heavy (non-hydrogen) atoms. The lowest BCUT2D eigenvalue weighted by Gasteiger charge is -2.09. The molecule has 4 N–H and O–H groups in total. The first kappa shape index (κ1) is 15.4. The van der Waals surface area contributed by atoms with Crippen molar-refractivity contribution in [1.29, 1.82) is 0 Å². The predicted octanol–water partition coefficient (Wildman–Crippen LogP) is 2.62. The van der Waals surface area contributed by atoms with Gasteiger partial charge in [-0.25, -0.2) is 0 Å². The van der Waals surface area contributed by atoms with Crippen molar-refractivity contribution in [2.45, 2.75) is 0 Å². The minimum Gasteiger partial charge on any atom is -0.507 e. The fourth-order valence-corrected chi connectivity index (χ4v) is 1.89. The van der Waals surface area contributed by atoms with E-state index in [0.717, 1.165) is 0 Å². The zero-order valence-corrected chi connectivity index (χ0v) is 11.5. The molecule has 0 aliphatic carbocycles. The van der Waals surface area contributed by atoms with Crippen LogP contribution in [0, 0.1) is 10.1 Å². The maximum absolute atomic E-state index is 12.1. The number of hydrogen-bond donors (Lipinski definition) is 4. The Kier molecular flexibility index (Phi) is 4.04. The van der Waals surface area contributed by atoms with Crippen LogP contribution >= 0.6 is 11.6 Å². The molecule has 2 aromatic rings. The number of carbonyl (C=O) groups is 1. The van der Waals surface area contributed by atoms with E-state index in [1.54, 1.807) is 0 Å². The van der Waals surface area contributed by atoms with Crippen LogP contribution in [0.3, 0.4) is 0 Å². The lowest BCUT2D eigenvalue weighted by Crippen LogP contribution is -2.13. The Morgan fingerprint density at radius 3 is 2.27 bits per heavy atom. The van der Waals surface area contributed by atoms with Crippen LogP contribution in [0.5, 0.6) is 17.2 Å². The number of halogens is 1. The third kappa shape index (κ3) is 2.86. The lowest BCUT2D eigenvalue weighted by atomic mass is 10.1. The molecule has 0 radical (unpaired) electrons. The Bertz CT molecular complexity index is 760. The smallest absolute Gasteiger partial charge is 0.353 e. The number of phenolic OH excluding ortho intramolecular Hbond substituents is 3. The van der Waals surface area contributed by atoms with Gasteiger partial charge in [0.15, 0.2) is 0 Å². The number of phenols is 3. The zero-order valence-electron chi connectivity index (χ0n) is 10.8. The van der Waals surface area contributed by atoms with Crippen molar-refractivity contribution in [3.63, 3.8) is 0 Å². The normalized spacial score (nSPS) is 10.2. The standard InChI is InChI=1S/C13H9ClN2O6/c14-6-1-3-7(4-2-6)15-13(20)10-8(17)5-9(18)11(12(10)19)16(21)22/h1-5,17-19H,(H,15,20). The van der Waals surface area contributed by atoms with E-state index in [9.17, 15) is 30.2 Å². The predicted molar refractivity (Wildman–Crippen MR) is 77.5 cm³/mol. The van der Waals surface area contributed by atoms with Gasteiger partial charge in [0.2, 0.25) is 11.5 Å². The Morgan fingerprint density at radius 2 is 1.73 bits per heavy atom. The number of benzene rings is 2. The van der Waals surface area contributed by atoms with E-state index >= 15 is 0 Å². The van der Waals surface area contributed by atoms with Crippen LogP contribution in [0.15, 0.2) is 30.3 Å². The summed E-state index contributed by atoms with van der Waals surface area (Å²) in [5, 5.41) is 42.3. The number of nitrogens with one attached hydrogen (secondary N) is 1. The Labute approximate surface area is 128 Å². The fourth-order valence-electron chi connectivity index (χ4n) is 1.76. The Morgan fingerprint density at radius 1 is 1.14 bits per heavy atom. The molecule has 0 saturated heterocycles. The summed E-state index contributed by atoms with van der Waals surface area (Å²) in [6.07, 6.45) is 0. The van der Waals surface area contributed by atoms with Crippen LogP contribution < -0.4 is 5.32 Å². The summed E-state index contributed by atoms with van der Waals surface area (Å²) in [6, 6.07) is 6.52. The third-order valence-electron chi connectivity index (χ3n) is 2.75. The van der Waals surface area contributed by atoms with Crippen molar-refractivity contribution in [1.82, 2.24) is 0 Å². The van der Waals surface area contributed by atoms with Gasteiger partial charge < -0.3 is 20.6 Å². The molecule has 0 saturated carbocycles. The van der Waals surface area contributed by atoms with Gasteiger partial charge in [-0.05, 0) is 24.3 Å². The number of anilines is 1. The topological polar surface area (TPSA) is 133 Å². The van der Waals surface area contributed by atoms with Gasteiger partial charge in [0.25, 0.3) is 5.91 Å². The highest BCUT2D eigenvalue weighted by atomic mass is 35.5. The van der Waals surface area contributed by atoms with Gasteiger partial charge in [-0.3, -0.25) is 14.9 Å². The first-order valence-corrected chi connectivity index (χ1v) is 6.18. The maximum Gasteiger partial charge on any atom is 0.353 e. The largest absolute Gasteiger partial charge is 0.507 e. The summed E-state index contributed by atoms with van der Waals surface area (Å²) in [5.74, 6) is -3.87. The quantitative estimate of drug-likeness (QED) is 0.506. The molecule has 8 nitrogen and oxygen atoms in total. The van der Waals surface area contributed by atoms with Gasteiger partial charge in [0, 0.05) is 16.8 Å². The van der Waals surface area contributed by atoms with Crippen molar-refractivity contribution in [3.8, 4) is 17.2 Å². The molecule has 0 fully saturated rings. The van der Waals surface area contributed by atoms with E-state index in [1.807, 2.05) is 0 Å². The molecular formula is C13H9ClN2O6. The minimum atomic E-state index is -1.13. The molecule has 0 heterocycles. The number of rotatable bonds is 3. The summed E-state index contributed by atoms with van der Waals surface area (Å²) >= 11 is 5.69. The summed E-state index contributed by atoms with van der Waals surface area (Å²) in [7, 11) is 0. The van der Waals surface area contributed by atoms with E-state index in [-0.39, 0.29) is 0 Å². The summed E-state index contributed by atoms with van der Waals surface area (Å²) in [4.78, 5) is 21.8. The molecule has 0 aromatic heterocycles. The van der Waals surface area contributed by atoms with Crippen molar-refractivity contribution in [2.75, 3.05) is 5.32 Å². The van der Waals surface area contributed by atoms with Gasteiger partial charge in [-0.1, -0.05) is 11.6 Å². The molecule has 0 unspecified atom stereocenters. The first-order chi connectivity index (χ1) is 10.3. The highest BCUT2D eigenvalue weighted by Crippen LogP contribution is 2.43. The molecule has 114 valence electrons. The van der Waals surface area contributed by atoms with Crippen molar-refractivity contribution in [3.05, 3.63) is 51.0 Å². The summed E-state index contributed by atoms with van der Waals surface area (Å²) in [5.41, 5.74) is -1.50.